The van der Waals surface area contributed by atoms with Crippen molar-refractivity contribution >= 4 is 17.2 Å². The number of hydrogen-bond acceptors (Lipinski definition) is 5. The second-order valence-corrected chi connectivity index (χ2v) is 5.11. The number of carbonyl (C=O) groups is 1. The molecule has 7 nitrogen and oxygen atoms in total. The molecule has 0 saturated carbocycles. The molecule has 0 bridgehead atoms. The number of nitrogens with zero attached hydrogens (tertiary/aromatic N) is 4. The molecule has 20 heavy (non-hydrogen) atoms. The summed E-state index contributed by atoms with van der Waals surface area (Å²) >= 11 is 1.40. The van der Waals surface area contributed by atoms with Crippen molar-refractivity contribution in [2.24, 2.45) is 0 Å². The standard InChI is InChI=1S/C12H12N6OS/c1-8(11-14-16-17-15-11)13-12(19)10-9(4-7-20-10)18-5-2-3-6-18/h2-8H,1H3,(H,13,19)(H,14,15,16,17). The van der Waals surface area contributed by atoms with Gasteiger partial charge in [0.2, 0.25) is 0 Å². The van der Waals surface area contributed by atoms with Crippen molar-refractivity contribution in [1.29, 1.82) is 0 Å². The highest BCUT2D eigenvalue weighted by Gasteiger charge is 2.18. The lowest BCUT2D eigenvalue weighted by atomic mass is 10.3. The van der Waals surface area contributed by atoms with E-state index in [-0.39, 0.29) is 11.9 Å². The van der Waals surface area contributed by atoms with E-state index in [0.717, 1.165) is 5.69 Å². The molecule has 3 rings (SSSR count). The third-order valence-corrected chi connectivity index (χ3v) is 3.73. The Labute approximate surface area is 118 Å². The van der Waals surface area contributed by atoms with Crippen LogP contribution in [-0.2, 0) is 0 Å². The molecule has 102 valence electrons. The summed E-state index contributed by atoms with van der Waals surface area (Å²) in [6, 6.07) is 5.45. The molecule has 2 N–H and O–H groups in total. The van der Waals surface area contributed by atoms with Gasteiger partial charge >= 0.3 is 0 Å². The number of tetrazole rings is 1. The van der Waals surface area contributed by atoms with E-state index in [4.69, 9.17) is 0 Å². The van der Waals surface area contributed by atoms with E-state index in [2.05, 4.69) is 25.9 Å². The van der Waals surface area contributed by atoms with Crippen LogP contribution in [0.15, 0.2) is 36.0 Å². The summed E-state index contributed by atoms with van der Waals surface area (Å²) in [6.45, 7) is 1.81. The van der Waals surface area contributed by atoms with Crippen LogP contribution in [0.4, 0.5) is 0 Å². The van der Waals surface area contributed by atoms with Gasteiger partial charge in [-0.1, -0.05) is 5.21 Å². The normalized spacial score (nSPS) is 12.2. The molecule has 3 heterocycles. The lowest BCUT2D eigenvalue weighted by Gasteiger charge is -2.10. The van der Waals surface area contributed by atoms with Crippen molar-refractivity contribution in [3.63, 3.8) is 0 Å². The van der Waals surface area contributed by atoms with Crippen molar-refractivity contribution in [1.82, 2.24) is 30.5 Å². The van der Waals surface area contributed by atoms with E-state index in [1.165, 1.54) is 11.3 Å². The van der Waals surface area contributed by atoms with Gasteiger partial charge in [-0.25, -0.2) is 0 Å². The lowest BCUT2D eigenvalue weighted by Crippen LogP contribution is -2.27. The number of carbonyl (C=O) groups excluding carboxylic acids is 1. The fraction of sp³-hybridized carbons (Fsp3) is 0.167. The van der Waals surface area contributed by atoms with Gasteiger partial charge in [0.05, 0.1) is 11.7 Å². The summed E-state index contributed by atoms with van der Waals surface area (Å²) in [7, 11) is 0. The van der Waals surface area contributed by atoms with Crippen LogP contribution in [-0.4, -0.2) is 31.1 Å². The maximum absolute atomic E-state index is 12.3. The lowest BCUT2D eigenvalue weighted by molar-refractivity contribution is 0.0942. The molecule has 1 atom stereocenters. The summed E-state index contributed by atoms with van der Waals surface area (Å²) in [4.78, 5) is 13.0. The van der Waals surface area contributed by atoms with E-state index in [1.807, 2.05) is 47.5 Å². The van der Waals surface area contributed by atoms with Crippen molar-refractivity contribution in [3.8, 4) is 5.69 Å². The molecule has 8 heteroatoms. The first-order chi connectivity index (χ1) is 9.75. The Balaban J connectivity index is 1.80. The number of aromatic nitrogens is 5. The Kier molecular flexibility index (Phi) is 3.30. The van der Waals surface area contributed by atoms with Gasteiger partial charge < -0.3 is 9.88 Å². The number of H-pyrrole nitrogens is 1. The van der Waals surface area contributed by atoms with Gasteiger partial charge in [0.15, 0.2) is 5.82 Å². The summed E-state index contributed by atoms with van der Waals surface area (Å²) in [5, 5.41) is 18.3. The van der Waals surface area contributed by atoms with Gasteiger partial charge in [0.1, 0.15) is 4.88 Å². The smallest absolute Gasteiger partial charge is 0.264 e. The highest BCUT2D eigenvalue weighted by molar-refractivity contribution is 7.12. The fourth-order valence-electron chi connectivity index (χ4n) is 1.85. The number of hydrogen-bond donors (Lipinski definition) is 2. The highest BCUT2D eigenvalue weighted by Crippen LogP contribution is 2.22. The zero-order chi connectivity index (χ0) is 13.9. The average Bonchev–Trinajstić information content (AvgIpc) is 3.19. The fourth-order valence-corrected chi connectivity index (χ4v) is 2.64. The van der Waals surface area contributed by atoms with Crippen LogP contribution in [0.25, 0.3) is 5.69 Å². The molecular weight excluding hydrogens is 276 g/mol. The molecular formula is C12H12N6OS. The van der Waals surface area contributed by atoms with Crippen LogP contribution >= 0.6 is 11.3 Å². The van der Waals surface area contributed by atoms with Gasteiger partial charge in [0, 0.05) is 12.4 Å². The Morgan fingerprint density at radius 2 is 2.25 bits per heavy atom. The Hall–Kier alpha value is -2.48. The molecule has 0 radical (unpaired) electrons. The molecule has 0 saturated heterocycles. The van der Waals surface area contributed by atoms with Crippen LogP contribution in [0.3, 0.4) is 0 Å². The molecule has 3 aromatic heterocycles. The second kappa shape index (κ2) is 5.25. The van der Waals surface area contributed by atoms with Crippen molar-refractivity contribution < 1.29 is 4.79 Å². The molecule has 0 spiro atoms. The van der Waals surface area contributed by atoms with Gasteiger partial charge in [0.25, 0.3) is 5.91 Å². The largest absolute Gasteiger partial charge is 0.341 e. The predicted molar refractivity (Wildman–Crippen MR) is 73.7 cm³/mol. The van der Waals surface area contributed by atoms with Gasteiger partial charge in [-0.2, -0.15) is 5.21 Å². The monoisotopic (exact) mass is 288 g/mol. The molecule has 1 amide bonds. The van der Waals surface area contributed by atoms with E-state index < -0.39 is 0 Å². The number of rotatable bonds is 4. The Morgan fingerprint density at radius 1 is 1.45 bits per heavy atom. The number of nitrogens with one attached hydrogen (secondary N) is 2. The highest BCUT2D eigenvalue weighted by atomic mass is 32.1. The molecule has 0 aliphatic rings. The van der Waals surface area contributed by atoms with Crippen molar-refractivity contribution in [3.05, 3.63) is 46.7 Å². The number of amides is 1. The minimum Gasteiger partial charge on any atom is -0.341 e. The first-order valence-electron chi connectivity index (χ1n) is 6.01. The predicted octanol–water partition coefficient (Wildman–Crippen LogP) is 1.54. The second-order valence-electron chi connectivity index (χ2n) is 4.19. The minimum absolute atomic E-state index is 0.152. The third kappa shape index (κ3) is 2.32. The molecule has 0 aliphatic heterocycles. The van der Waals surface area contributed by atoms with Crippen LogP contribution in [0, 0.1) is 0 Å². The maximum Gasteiger partial charge on any atom is 0.264 e. The average molecular weight is 288 g/mol. The molecule has 3 aromatic rings. The topological polar surface area (TPSA) is 88.5 Å². The quantitative estimate of drug-likeness (QED) is 0.762. The van der Waals surface area contributed by atoms with E-state index in [1.54, 1.807) is 0 Å². The molecule has 0 fully saturated rings. The Morgan fingerprint density at radius 3 is 2.95 bits per heavy atom. The van der Waals surface area contributed by atoms with E-state index in [0.29, 0.717) is 10.7 Å². The van der Waals surface area contributed by atoms with Gasteiger partial charge in [-0.05, 0) is 30.5 Å². The van der Waals surface area contributed by atoms with Gasteiger partial charge in [-0.15, -0.1) is 21.5 Å². The van der Waals surface area contributed by atoms with Crippen molar-refractivity contribution in [2.45, 2.75) is 13.0 Å². The van der Waals surface area contributed by atoms with Gasteiger partial charge in [-0.3, -0.25) is 4.79 Å². The third-order valence-electron chi connectivity index (χ3n) is 2.83. The molecule has 0 aromatic carbocycles. The van der Waals surface area contributed by atoms with Crippen LogP contribution in [0.5, 0.6) is 0 Å². The number of aromatic amines is 1. The first-order valence-corrected chi connectivity index (χ1v) is 6.88. The zero-order valence-electron chi connectivity index (χ0n) is 10.6. The summed E-state index contributed by atoms with van der Waals surface area (Å²) in [5.74, 6) is 0.304. The zero-order valence-corrected chi connectivity index (χ0v) is 11.5. The van der Waals surface area contributed by atoms with E-state index >= 15 is 0 Å². The van der Waals surface area contributed by atoms with E-state index in [9.17, 15) is 4.79 Å². The van der Waals surface area contributed by atoms with Crippen LogP contribution in [0.2, 0.25) is 0 Å². The number of thiophene rings is 1. The maximum atomic E-state index is 12.3. The van der Waals surface area contributed by atoms with Crippen LogP contribution in [0.1, 0.15) is 28.5 Å². The minimum atomic E-state index is -0.305. The summed E-state index contributed by atoms with van der Waals surface area (Å²) in [5.41, 5.74) is 0.859. The molecule has 1 unspecified atom stereocenters. The first kappa shape index (κ1) is 12.5. The summed E-state index contributed by atoms with van der Waals surface area (Å²) < 4.78 is 1.91. The molecule has 0 aliphatic carbocycles. The SMILES string of the molecule is CC(NC(=O)c1sccc1-n1cccc1)c1nn[nH]n1. The van der Waals surface area contributed by atoms with Crippen LogP contribution < -0.4 is 5.32 Å². The summed E-state index contributed by atoms with van der Waals surface area (Å²) in [6.07, 6.45) is 3.81. The Bertz CT molecular complexity index is 687. The van der Waals surface area contributed by atoms with Crippen molar-refractivity contribution in [2.75, 3.05) is 0 Å².